The number of hydrazine groups is 1. The van der Waals surface area contributed by atoms with Gasteiger partial charge in [-0.15, -0.1) is 0 Å². The highest BCUT2D eigenvalue weighted by Gasteiger charge is 2.19. The van der Waals surface area contributed by atoms with E-state index in [1.54, 1.807) is 12.1 Å². The number of hydrogen-bond donors (Lipinski definition) is 1. The summed E-state index contributed by atoms with van der Waals surface area (Å²) in [5.74, 6) is 1.29. The van der Waals surface area contributed by atoms with Gasteiger partial charge in [-0.05, 0) is 48.2 Å². The molecule has 5 rings (SSSR count). The van der Waals surface area contributed by atoms with Gasteiger partial charge in [0, 0.05) is 30.4 Å². The number of carbonyl (C=O) groups is 1. The Morgan fingerprint density at radius 2 is 1.73 bits per heavy atom. The highest BCUT2D eigenvalue weighted by molar-refractivity contribution is 5.98. The Bertz CT molecular complexity index is 1100. The molecule has 2 heterocycles. The van der Waals surface area contributed by atoms with Crippen LogP contribution in [-0.2, 0) is 0 Å². The Labute approximate surface area is 176 Å². The van der Waals surface area contributed by atoms with Crippen molar-refractivity contribution < 1.29 is 9.53 Å². The SMILES string of the molecule is O=C(NN1CCCCC1)c1ccc2c(c1)N=Cc1c(cccc1-c1ccccc1)O2. The molecule has 1 N–H and O–H groups in total. The summed E-state index contributed by atoms with van der Waals surface area (Å²) < 4.78 is 6.18. The first-order chi connectivity index (χ1) is 14.8. The molecule has 0 saturated carbocycles. The van der Waals surface area contributed by atoms with Crippen molar-refractivity contribution in [3.8, 4) is 22.6 Å². The first-order valence-corrected chi connectivity index (χ1v) is 10.4. The fourth-order valence-electron chi connectivity index (χ4n) is 3.95. The van der Waals surface area contributed by atoms with Crippen molar-refractivity contribution in [2.45, 2.75) is 19.3 Å². The van der Waals surface area contributed by atoms with Gasteiger partial charge in [0.15, 0.2) is 5.75 Å². The van der Waals surface area contributed by atoms with E-state index in [1.807, 2.05) is 47.6 Å². The van der Waals surface area contributed by atoms with Crippen molar-refractivity contribution in [1.29, 1.82) is 0 Å². The molecule has 1 fully saturated rings. The monoisotopic (exact) mass is 397 g/mol. The molecule has 0 aliphatic carbocycles. The molecule has 1 amide bonds. The highest BCUT2D eigenvalue weighted by Crippen LogP contribution is 2.39. The van der Waals surface area contributed by atoms with Gasteiger partial charge in [0.25, 0.3) is 5.91 Å². The quantitative estimate of drug-likeness (QED) is 0.508. The minimum Gasteiger partial charge on any atom is -0.454 e. The zero-order chi connectivity index (χ0) is 20.3. The van der Waals surface area contributed by atoms with E-state index in [0.29, 0.717) is 17.0 Å². The summed E-state index contributed by atoms with van der Waals surface area (Å²) in [6.45, 7) is 1.80. The predicted molar refractivity (Wildman–Crippen MR) is 119 cm³/mol. The van der Waals surface area contributed by atoms with E-state index in [-0.39, 0.29) is 5.91 Å². The van der Waals surface area contributed by atoms with Crippen LogP contribution in [-0.4, -0.2) is 30.2 Å². The number of piperidine rings is 1. The number of aliphatic imine (C=N–C) groups is 1. The molecule has 0 atom stereocenters. The van der Waals surface area contributed by atoms with E-state index in [9.17, 15) is 4.79 Å². The summed E-state index contributed by atoms with van der Waals surface area (Å²) in [6.07, 6.45) is 5.29. The molecule has 5 heteroatoms. The number of nitrogens with zero attached hydrogens (tertiary/aromatic N) is 2. The van der Waals surface area contributed by atoms with Crippen LogP contribution in [0.25, 0.3) is 11.1 Å². The lowest BCUT2D eigenvalue weighted by molar-refractivity contribution is 0.0750. The number of ether oxygens (including phenoxy) is 1. The minimum atomic E-state index is -0.110. The summed E-state index contributed by atoms with van der Waals surface area (Å²) >= 11 is 0. The predicted octanol–water partition coefficient (Wildman–Crippen LogP) is 5.34. The molecule has 0 radical (unpaired) electrons. The van der Waals surface area contributed by atoms with Gasteiger partial charge in [-0.2, -0.15) is 0 Å². The molecule has 150 valence electrons. The Hall–Kier alpha value is -3.44. The molecule has 5 nitrogen and oxygen atoms in total. The third-order valence-electron chi connectivity index (χ3n) is 5.54. The van der Waals surface area contributed by atoms with E-state index >= 15 is 0 Å². The molecular weight excluding hydrogens is 374 g/mol. The van der Waals surface area contributed by atoms with Crippen molar-refractivity contribution in [2.24, 2.45) is 4.99 Å². The van der Waals surface area contributed by atoms with Crippen LogP contribution in [0.4, 0.5) is 5.69 Å². The van der Waals surface area contributed by atoms with Crippen molar-refractivity contribution in [3.63, 3.8) is 0 Å². The lowest BCUT2D eigenvalue weighted by Crippen LogP contribution is -2.45. The van der Waals surface area contributed by atoms with Crippen molar-refractivity contribution >= 4 is 17.8 Å². The maximum atomic E-state index is 12.7. The summed E-state index contributed by atoms with van der Waals surface area (Å²) in [7, 11) is 0. The molecule has 0 bridgehead atoms. The molecule has 3 aromatic rings. The number of nitrogens with one attached hydrogen (secondary N) is 1. The molecule has 1 saturated heterocycles. The van der Waals surface area contributed by atoms with E-state index in [0.717, 1.165) is 48.4 Å². The van der Waals surface area contributed by atoms with Crippen LogP contribution in [0.5, 0.6) is 11.5 Å². The molecule has 0 spiro atoms. The zero-order valence-corrected chi connectivity index (χ0v) is 16.7. The van der Waals surface area contributed by atoms with Crippen LogP contribution in [0.1, 0.15) is 35.2 Å². The van der Waals surface area contributed by atoms with E-state index < -0.39 is 0 Å². The fourth-order valence-corrected chi connectivity index (χ4v) is 3.95. The van der Waals surface area contributed by atoms with Gasteiger partial charge in [-0.25, -0.2) is 5.01 Å². The summed E-state index contributed by atoms with van der Waals surface area (Å²) in [5, 5.41) is 2.00. The Kier molecular flexibility index (Phi) is 5.03. The largest absolute Gasteiger partial charge is 0.454 e. The summed E-state index contributed by atoms with van der Waals surface area (Å²) in [5.41, 5.74) is 7.34. The van der Waals surface area contributed by atoms with Crippen molar-refractivity contribution in [1.82, 2.24) is 10.4 Å². The minimum absolute atomic E-state index is 0.110. The third kappa shape index (κ3) is 3.72. The van der Waals surface area contributed by atoms with Crippen LogP contribution >= 0.6 is 0 Å². The normalized spacial score (nSPS) is 15.5. The van der Waals surface area contributed by atoms with Crippen LogP contribution in [0.3, 0.4) is 0 Å². The second kappa shape index (κ2) is 8.13. The Balaban J connectivity index is 1.44. The van der Waals surface area contributed by atoms with Crippen LogP contribution in [0, 0.1) is 0 Å². The van der Waals surface area contributed by atoms with Gasteiger partial charge < -0.3 is 4.74 Å². The molecule has 3 aromatic carbocycles. The van der Waals surface area contributed by atoms with E-state index in [1.165, 1.54) is 6.42 Å². The standard InChI is InChI=1S/C25H23N3O2/c29-25(27-28-14-5-2-6-15-28)19-12-13-24-22(16-19)26-17-21-20(10-7-11-23(21)30-24)18-8-3-1-4-9-18/h1,3-4,7-13,16-17H,2,5-6,14-15H2,(H,27,29). The molecule has 30 heavy (non-hydrogen) atoms. The number of carbonyl (C=O) groups excluding carboxylic acids is 1. The van der Waals surface area contributed by atoms with Gasteiger partial charge in [0.05, 0.1) is 0 Å². The van der Waals surface area contributed by atoms with Crippen molar-refractivity contribution in [2.75, 3.05) is 13.1 Å². The maximum Gasteiger partial charge on any atom is 0.265 e. The first kappa shape index (κ1) is 18.6. The van der Waals surface area contributed by atoms with Gasteiger partial charge in [0.2, 0.25) is 0 Å². The molecule has 0 aromatic heterocycles. The molecular formula is C25H23N3O2. The number of rotatable bonds is 3. The van der Waals surface area contributed by atoms with Gasteiger partial charge in [-0.1, -0.05) is 48.9 Å². The molecule has 0 unspecified atom stereocenters. The number of amides is 1. The van der Waals surface area contributed by atoms with Gasteiger partial charge in [-0.3, -0.25) is 15.2 Å². The average Bonchev–Trinajstić information content (AvgIpc) is 2.99. The topological polar surface area (TPSA) is 53.9 Å². The second-order valence-corrected chi connectivity index (χ2v) is 7.61. The highest BCUT2D eigenvalue weighted by atomic mass is 16.5. The van der Waals surface area contributed by atoms with E-state index in [2.05, 4.69) is 28.6 Å². The molecule has 2 aliphatic rings. The fraction of sp³-hybridized carbons (Fsp3) is 0.200. The number of fused-ring (bicyclic) bond motifs is 2. The first-order valence-electron chi connectivity index (χ1n) is 10.4. The Morgan fingerprint density at radius 3 is 2.57 bits per heavy atom. The number of benzene rings is 3. The van der Waals surface area contributed by atoms with Crippen LogP contribution < -0.4 is 10.2 Å². The summed E-state index contributed by atoms with van der Waals surface area (Å²) in [4.78, 5) is 17.4. The lowest BCUT2D eigenvalue weighted by atomic mass is 9.99. The van der Waals surface area contributed by atoms with E-state index in [4.69, 9.17) is 4.74 Å². The summed E-state index contributed by atoms with van der Waals surface area (Å²) in [6, 6.07) is 21.6. The van der Waals surface area contributed by atoms with Gasteiger partial charge in [0.1, 0.15) is 11.4 Å². The average molecular weight is 397 g/mol. The second-order valence-electron chi connectivity index (χ2n) is 7.61. The number of hydrogen-bond acceptors (Lipinski definition) is 4. The maximum absolute atomic E-state index is 12.7. The lowest BCUT2D eigenvalue weighted by Gasteiger charge is -2.26. The molecule has 2 aliphatic heterocycles. The van der Waals surface area contributed by atoms with Crippen LogP contribution in [0.2, 0.25) is 0 Å². The van der Waals surface area contributed by atoms with Gasteiger partial charge >= 0.3 is 0 Å². The zero-order valence-electron chi connectivity index (χ0n) is 16.7. The van der Waals surface area contributed by atoms with Crippen molar-refractivity contribution in [3.05, 3.63) is 77.9 Å². The Morgan fingerprint density at radius 1 is 0.900 bits per heavy atom. The third-order valence-corrected chi connectivity index (χ3v) is 5.54. The van der Waals surface area contributed by atoms with Crippen LogP contribution in [0.15, 0.2) is 71.7 Å². The smallest absolute Gasteiger partial charge is 0.265 e.